The molecular weight excluding hydrogens is 450 g/mol. The topological polar surface area (TPSA) is 86.3 Å². The van der Waals surface area contributed by atoms with Crippen LogP contribution in [0, 0.1) is 0 Å². The van der Waals surface area contributed by atoms with E-state index in [1.54, 1.807) is 18.6 Å². The molecule has 3 heterocycles. The molecule has 4 aromatic rings. The molecule has 5 rings (SSSR count). The molecule has 182 valence electrons. The lowest BCUT2D eigenvalue weighted by Crippen LogP contribution is -2.43. The molecule has 0 bridgehead atoms. The molecule has 0 aliphatic carbocycles. The quantitative estimate of drug-likeness (QED) is 0.409. The van der Waals surface area contributed by atoms with Gasteiger partial charge in [0, 0.05) is 73.8 Å². The summed E-state index contributed by atoms with van der Waals surface area (Å²) in [6.45, 7) is 5.24. The smallest absolute Gasteiger partial charge is 0.255 e. The zero-order chi connectivity index (χ0) is 24.7. The number of amides is 1. The lowest BCUT2D eigenvalue weighted by atomic mass is 10.1. The number of hydrogen-bond acceptors (Lipinski definition) is 7. The number of nitrogens with zero attached hydrogens (tertiary/aromatic N) is 5. The van der Waals surface area contributed by atoms with Crippen LogP contribution in [0.1, 0.15) is 15.9 Å². The maximum atomic E-state index is 12.8. The van der Waals surface area contributed by atoms with Crippen LogP contribution in [0.5, 0.6) is 0 Å². The first-order chi connectivity index (χ1) is 17.6. The molecule has 2 aromatic carbocycles. The molecule has 1 amide bonds. The zero-order valence-electron chi connectivity index (χ0n) is 20.3. The van der Waals surface area contributed by atoms with Gasteiger partial charge in [-0.15, -0.1) is 0 Å². The molecule has 1 aliphatic rings. The van der Waals surface area contributed by atoms with Crippen LogP contribution in [-0.2, 0) is 6.54 Å². The van der Waals surface area contributed by atoms with Crippen molar-refractivity contribution in [2.45, 2.75) is 6.54 Å². The fourth-order valence-corrected chi connectivity index (χ4v) is 4.13. The summed E-state index contributed by atoms with van der Waals surface area (Å²) < 4.78 is 0. The molecule has 36 heavy (non-hydrogen) atoms. The van der Waals surface area contributed by atoms with Crippen molar-refractivity contribution in [3.8, 4) is 11.3 Å². The third-order valence-corrected chi connectivity index (χ3v) is 6.21. The van der Waals surface area contributed by atoms with Crippen molar-refractivity contribution in [3.05, 3.63) is 96.4 Å². The van der Waals surface area contributed by atoms with Crippen molar-refractivity contribution in [1.29, 1.82) is 0 Å². The molecule has 0 saturated carbocycles. The summed E-state index contributed by atoms with van der Waals surface area (Å²) in [4.78, 5) is 30.7. The third kappa shape index (κ3) is 6.10. The molecule has 0 unspecified atom stereocenters. The summed E-state index contributed by atoms with van der Waals surface area (Å²) >= 11 is 0. The number of carbonyl (C=O) groups excluding carboxylic acids is 1. The van der Waals surface area contributed by atoms with Gasteiger partial charge in [-0.2, -0.15) is 0 Å². The number of hydrogen-bond donors (Lipinski definition) is 2. The predicted molar refractivity (Wildman–Crippen MR) is 142 cm³/mol. The fraction of sp³-hybridized carbons (Fsp3) is 0.214. The summed E-state index contributed by atoms with van der Waals surface area (Å²) in [6.07, 6.45) is 5.20. The number of likely N-dealkylation sites (N-methyl/N-ethyl adjacent to an activating group) is 1. The van der Waals surface area contributed by atoms with Crippen LogP contribution >= 0.6 is 0 Å². The number of anilines is 3. The molecule has 0 spiro atoms. The van der Waals surface area contributed by atoms with Crippen LogP contribution in [0.25, 0.3) is 11.3 Å². The Balaban J connectivity index is 1.20. The second-order valence-corrected chi connectivity index (χ2v) is 8.94. The second kappa shape index (κ2) is 11.1. The van der Waals surface area contributed by atoms with Gasteiger partial charge in [-0.1, -0.05) is 18.2 Å². The van der Waals surface area contributed by atoms with E-state index in [-0.39, 0.29) is 5.91 Å². The van der Waals surface area contributed by atoms with E-state index in [9.17, 15) is 4.79 Å². The van der Waals surface area contributed by atoms with Crippen molar-refractivity contribution < 1.29 is 4.79 Å². The summed E-state index contributed by atoms with van der Waals surface area (Å²) in [5.74, 6) is 0.323. The fourth-order valence-electron chi connectivity index (χ4n) is 4.13. The first-order valence-corrected chi connectivity index (χ1v) is 12.0. The highest BCUT2D eigenvalue weighted by Crippen LogP contribution is 2.21. The van der Waals surface area contributed by atoms with Crippen LogP contribution in [-0.4, -0.2) is 63.9 Å². The SMILES string of the molecule is CN1CCN(Cc2ccc(C(=O)Nc3cccc(Nc4nccc(-c5cccnc5)n4)c3)cc2)CC1. The number of pyridine rings is 1. The van der Waals surface area contributed by atoms with Crippen molar-refractivity contribution in [2.75, 3.05) is 43.9 Å². The molecule has 2 N–H and O–H groups in total. The first-order valence-electron chi connectivity index (χ1n) is 12.0. The molecule has 8 nitrogen and oxygen atoms in total. The van der Waals surface area contributed by atoms with Gasteiger partial charge in [0.2, 0.25) is 5.95 Å². The lowest BCUT2D eigenvalue weighted by molar-refractivity contribution is 0.102. The Kier molecular flexibility index (Phi) is 7.25. The molecule has 1 saturated heterocycles. The molecule has 0 atom stereocenters. The highest BCUT2D eigenvalue weighted by atomic mass is 16.1. The second-order valence-electron chi connectivity index (χ2n) is 8.94. The number of rotatable bonds is 7. The Hall–Kier alpha value is -4.14. The molecule has 1 aliphatic heterocycles. The van der Waals surface area contributed by atoms with Crippen LogP contribution in [0.4, 0.5) is 17.3 Å². The number of aromatic nitrogens is 3. The minimum absolute atomic E-state index is 0.145. The van der Waals surface area contributed by atoms with Gasteiger partial charge in [0.05, 0.1) is 5.69 Å². The van der Waals surface area contributed by atoms with E-state index in [1.165, 1.54) is 5.56 Å². The minimum Gasteiger partial charge on any atom is -0.324 e. The summed E-state index contributed by atoms with van der Waals surface area (Å²) in [5, 5.41) is 6.20. The predicted octanol–water partition coefficient (Wildman–Crippen LogP) is 4.28. The van der Waals surface area contributed by atoms with Gasteiger partial charge in [-0.25, -0.2) is 9.97 Å². The maximum Gasteiger partial charge on any atom is 0.255 e. The van der Waals surface area contributed by atoms with E-state index in [0.717, 1.165) is 49.7 Å². The van der Waals surface area contributed by atoms with E-state index in [4.69, 9.17) is 0 Å². The number of nitrogens with one attached hydrogen (secondary N) is 2. The normalized spacial score (nSPS) is 14.4. The molecule has 1 fully saturated rings. The van der Waals surface area contributed by atoms with Gasteiger partial charge in [0.1, 0.15) is 0 Å². The number of piperazine rings is 1. The minimum atomic E-state index is -0.145. The maximum absolute atomic E-state index is 12.8. The van der Waals surface area contributed by atoms with E-state index in [0.29, 0.717) is 17.2 Å². The number of benzene rings is 2. The van der Waals surface area contributed by atoms with E-state index >= 15 is 0 Å². The average molecular weight is 480 g/mol. The van der Waals surface area contributed by atoms with Gasteiger partial charge >= 0.3 is 0 Å². The van der Waals surface area contributed by atoms with Crippen molar-refractivity contribution >= 4 is 23.2 Å². The van der Waals surface area contributed by atoms with Crippen LogP contribution in [0.2, 0.25) is 0 Å². The van der Waals surface area contributed by atoms with Gasteiger partial charge in [-0.05, 0) is 61.1 Å². The van der Waals surface area contributed by atoms with Gasteiger partial charge in [0.15, 0.2) is 0 Å². The zero-order valence-corrected chi connectivity index (χ0v) is 20.3. The summed E-state index contributed by atoms with van der Waals surface area (Å²) in [5.41, 5.74) is 5.01. The van der Waals surface area contributed by atoms with E-state index < -0.39 is 0 Å². The van der Waals surface area contributed by atoms with E-state index in [1.807, 2.05) is 66.7 Å². The molecular formula is C28H29N7O. The lowest BCUT2D eigenvalue weighted by Gasteiger charge is -2.32. The largest absolute Gasteiger partial charge is 0.324 e. The highest BCUT2D eigenvalue weighted by molar-refractivity contribution is 6.04. The average Bonchev–Trinajstić information content (AvgIpc) is 2.91. The first kappa shape index (κ1) is 23.6. The van der Waals surface area contributed by atoms with Crippen molar-refractivity contribution in [1.82, 2.24) is 24.8 Å². The van der Waals surface area contributed by atoms with Crippen LogP contribution in [0.15, 0.2) is 85.3 Å². The monoisotopic (exact) mass is 479 g/mol. The summed E-state index contributed by atoms with van der Waals surface area (Å²) in [7, 11) is 2.16. The van der Waals surface area contributed by atoms with E-state index in [2.05, 4.69) is 42.4 Å². The Bertz CT molecular complexity index is 1300. The van der Waals surface area contributed by atoms with Gasteiger partial charge in [0.25, 0.3) is 5.91 Å². The van der Waals surface area contributed by atoms with Crippen molar-refractivity contribution in [3.63, 3.8) is 0 Å². The number of carbonyl (C=O) groups is 1. The molecule has 2 aromatic heterocycles. The Morgan fingerprint density at radius 2 is 1.72 bits per heavy atom. The van der Waals surface area contributed by atoms with Crippen molar-refractivity contribution in [2.24, 2.45) is 0 Å². The van der Waals surface area contributed by atoms with Gasteiger partial charge < -0.3 is 15.5 Å². The van der Waals surface area contributed by atoms with Crippen LogP contribution in [0.3, 0.4) is 0 Å². The Labute approximate surface area is 211 Å². The highest BCUT2D eigenvalue weighted by Gasteiger charge is 2.14. The summed E-state index contributed by atoms with van der Waals surface area (Å²) in [6, 6.07) is 21.0. The molecule has 0 radical (unpaired) electrons. The third-order valence-electron chi connectivity index (χ3n) is 6.21. The van der Waals surface area contributed by atoms with Crippen LogP contribution < -0.4 is 10.6 Å². The van der Waals surface area contributed by atoms with Gasteiger partial charge in [-0.3, -0.25) is 14.7 Å². The Morgan fingerprint density at radius 3 is 2.50 bits per heavy atom. The Morgan fingerprint density at radius 1 is 0.917 bits per heavy atom. The molecule has 8 heteroatoms. The standard InChI is InChI=1S/C28H29N7O/c1-34-14-16-35(17-15-34)20-21-7-9-22(10-8-21)27(36)31-24-5-2-6-25(18-24)32-28-30-13-11-26(33-28)23-4-3-12-29-19-23/h2-13,18-19H,14-17,20H2,1H3,(H,31,36)(H,30,32,33).